The van der Waals surface area contributed by atoms with Crippen LogP contribution < -0.4 is 0 Å². The lowest BCUT2D eigenvalue weighted by Gasteiger charge is -2.59. The Morgan fingerprint density at radius 3 is 2.50 bits per heavy atom. The van der Waals surface area contributed by atoms with Gasteiger partial charge in [0.2, 0.25) is 0 Å². The van der Waals surface area contributed by atoms with Crippen LogP contribution in [0.15, 0.2) is 29.8 Å². The first kappa shape index (κ1) is 25.8. The van der Waals surface area contributed by atoms with Crippen LogP contribution >= 0.6 is 0 Å². The Hall–Kier alpha value is -2.86. The minimum Gasteiger partial charge on any atom is -0.508 e. The number of aromatic hydroxyl groups is 1. The number of aliphatic carboxylic acids is 2. The van der Waals surface area contributed by atoms with E-state index in [0.717, 1.165) is 31.0 Å². The Bertz CT molecular complexity index is 979. The lowest BCUT2D eigenvalue weighted by Crippen LogP contribution is -2.60. The van der Waals surface area contributed by atoms with Gasteiger partial charge in [0.15, 0.2) is 12.2 Å². The molecule has 1 saturated heterocycles. The van der Waals surface area contributed by atoms with E-state index < -0.39 is 24.1 Å². The van der Waals surface area contributed by atoms with E-state index in [2.05, 4.69) is 29.0 Å². The van der Waals surface area contributed by atoms with Crippen molar-refractivity contribution in [1.82, 2.24) is 4.90 Å². The molecule has 1 heterocycles. The van der Waals surface area contributed by atoms with Gasteiger partial charge in [-0.05, 0) is 73.9 Å². The number of nitrogens with zero attached hydrogens (tertiary/aromatic N) is 1. The fraction of sp³-hybridized carbons (Fsp3) is 0.538. The van der Waals surface area contributed by atoms with E-state index in [-0.39, 0.29) is 0 Å². The first-order valence-corrected chi connectivity index (χ1v) is 11.6. The van der Waals surface area contributed by atoms with Crippen LogP contribution in [0.25, 0.3) is 0 Å². The summed E-state index contributed by atoms with van der Waals surface area (Å²) in [5.41, 5.74) is 4.25. The van der Waals surface area contributed by atoms with E-state index >= 15 is 0 Å². The van der Waals surface area contributed by atoms with Crippen molar-refractivity contribution >= 4 is 11.9 Å². The smallest absolute Gasteiger partial charge is 0.335 e. The fourth-order valence-electron chi connectivity index (χ4n) is 5.88. The summed E-state index contributed by atoms with van der Waals surface area (Å²) in [6.07, 6.45) is 10.8. The summed E-state index contributed by atoms with van der Waals surface area (Å²) in [4.78, 5) is 22.2. The molecule has 5 atom stereocenters. The van der Waals surface area contributed by atoms with Gasteiger partial charge in [-0.2, -0.15) is 0 Å². The zero-order valence-electron chi connectivity index (χ0n) is 19.4. The number of hydrogen-bond donors (Lipinski definition) is 5. The molecule has 2 bridgehead atoms. The van der Waals surface area contributed by atoms with Crippen LogP contribution in [0.1, 0.15) is 50.2 Å². The third-order valence-electron chi connectivity index (χ3n) is 7.60. The lowest BCUT2D eigenvalue weighted by molar-refractivity contribution is -0.165. The third kappa shape index (κ3) is 5.12. The number of rotatable bonds is 5. The molecule has 8 nitrogen and oxygen atoms in total. The second-order valence-corrected chi connectivity index (χ2v) is 9.46. The Kier molecular flexibility index (Phi) is 8.03. The number of hydrogen-bond acceptors (Lipinski definition) is 6. The van der Waals surface area contributed by atoms with E-state index in [1.54, 1.807) is 0 Å². The fourth-order valence-corrected chi connectivity index (χ4v) is 5.88. The van der Waals surface area contributed by atoms with E-state index in [4.69, 9.17) is 26.8 Å². The summed E-state index contributed by atoms with van der Waals surface area (Å²) in [5, 5.41) is 42.6. The number of carboxylic acids is 2. The van der Waals surface area contributed by atoms with Crippen LogP contribution in [0.2, 0.25) is 0 Å². The van der Waals surface area contributed by atoms with Crippen LogP contribution in [0.4, 0.5) is 0 Å². The van der Waals surface area contributed by atoms with Gasteiger partial charge in [-0.1, -0.05) is 30.9 Å². The molecular formula is C26H33NO7. The monoisotopic (exact) mass is 471 g/mol. The van der Waals surface area contributed by atoms with Crippen molar-refractivity contribution in [1.29, 1.82) is 0 Å². The largest absolute Gasteiger partial charge is 0.508 e. The van der Waals surface area contributed by atoms with Crippen LogP contribution in [-0.2, 0) is 21.4 Å². The van der Waals surface area contributed by atoms with Gasteiger partial charge in [-0.25, -0.2) is 9.59 Å². The number of phenols is 1. The molecule has 2 aliphatic carbocycles. The molecule has 0 amide bonds. The summed E-state index contributed by atoms with van der Waals surface area (Å²) in [5.74, 6) is 0.368. The number of piperidine rings is 1. The van der Waals surface area contributed by atoms with Crippen LogP contribution in [0.3, 0.4) is 0 Å². The number of benzene rings is 1. The number of allylic oxidation sites excluding steroid dienone is 1. The zero-order chi connectivity index (χ0) is 25.0. The highest BCUT2D eigenvalue weighted by molar-refractivity contribution is 5.83. The number of carboxylic acid groups (broad SMARTS) is 2. The number of fused-ring (bicyclic) bond motifs is 1. The quantitative estimate of drug-likeness (QED) is 0.411. The molecule has 8 heteroatoms. The minimum absolute atomic E-state index is 0.302. The molecule has 1 aromatic carbocycles. The minimum atomic E-state index is -2.27. The Morgan fingerprint density at radius 2 is 1.88 bits per heavy atom. The molecule has 4 rings (SSSR count). The van der Waals surface area contributed by atoms with Crippen molar-refractivity contribution in [2.45, 2.75) is 69.1 Å². The number of phenolic OH excluding ortho intramolecular Hbond substituents is 1. The summed E-state index contributed by atoms with van der Waals surface area (Å²) in [6.45, 7) is 4.14. The van der Waals surface area contributed by atoms with Crippen molar-refractivity contribution in [3.63, 3.8) is 0 Å². The normalized spacial score (nSPS) is 27.6. The summed E-state index contributed by atoms with van der Waals surface area (Å²) < 4.78 is 0. The predicted molar refractivity (Wildman–Crippen MR) is 125 cm³/mol. The highest BCUT2D eigenvalue weighted by Gasteiger charge is 2.53. The standard InChI is InChI=1S/C22H27NO.C4H6O6/c1-3-16(2)9-12-23-13-11-22-10-5-4-6-19(22)21(23)14-17-7-8-18(24)15-20(17)22;5-1(3(7)8)2(6)4(9)10/h1,7-9,15,19,21,24H,4-6,10-14H2,2H3;1-2,5-6H,(H,7,8)(H,9,10)/b16-9+;/t19-,21+,22+;/m0./s1. The topological polar surface area (TPSA) is 139 Å². The number of terminal acetylenes is 1. The average molecular weight is 472 g/mol. The molecule has 184 valence electrons. The van der Waals surface area contributed by atoms with Crippen LogP contribution in [-0.4, -0.2) is 73.7 Å². The number of aliphatic hydroxyl groups excluding tert-OH is 2. The van der Waals surface area contributed by atoms with Gasteiger partial charge < -0.3 is 25.5 Å². The molecule has 1 saturated carbocycles. The number of likely N-dealkylation sites (tertiary alicyclic amines) is 1. The molecule has 2 unspecified atom stereocenters. The molecule has 0 aromatic heterocycles. The molecule has 1 aromatic rings. The molecular weight excluding hydrogens is 438 g/mol. The highest BCUT2D eigenvalue weighted by atomic mass is 16.4. The Labute approximate surface area is 199 Å². The number of carbonyl (C=O) groups is 2. The van der Waals surface area contributed by atoms with Crippen LogP contribution in [0, 0.1) is 18.3 Å². The van der Waals surface area contributed by atoms with Gasteiger partial charge in [0.05, 0.1) is 0 Å². The zero-order valence-corrected chi connectivity index (χ0v) is 19.4. The first-order chi connectivity index (χ1) is 16.1. The SMILES string of the molecule is C#C/C(C)=C/CN1CC[C@]23CCCC[C@H]2[C@H]1Cc1ccc(O)cc13.O=C(O)C(O)C(O)C(=O)O. The summed E-state index contributed by atoms with van der Waals surface area (Å²) >= 11 is 0. The Balaban J connectivity index is 0.000000277. The van der Waals surface area contributed by atoms with Crippen molar-refractivity contribution in [2.75, 3.05) is 13.1 Å². The maximum absolute atomic E-state index is 10.1. The van der Waals surface area contributed by atoms with Crippen molar-refractivity contribution in [3.8, 4) is 18.1 Å². The van der Waals surface area contributed by atoms with Crippen molar-refractivity contribution < 1.29 is 35.1 Å². The van der Waals surface area contributed by atoms with Gasteiger partial charge >= 0.3 is 11.9 Å². The van der Waals surface area contributed by atoms with E-state index in [9.17, 15) is 14.7 Å². The molecule has 2 fully saturated rings. The maximum Gasteiger partial charge on any atom is 0.335 e. The van der Waals surface area contributed by atoms with E-state index in [0.29, 0.717) is 17.2 Å². The van der Waals surface area contributed by atoms with Gasteiger partial charge in [-0.15, -0.1) is 6.42 Å². The molecule has 34 heavy (non-hydrogen) atoms. The second-order valence-electron chi connectivity index (χ2n) is 9.46. The highest BCUT2D eigenvalue weighted by Crippen LogP contribution is 2.56. The van der Waals surface area contributed by atoms with Gasteiger partial charge in [0.1, 0.15) is 5.75 Å². The molecule has 1 aliphatic heterocycles. The molecule has 5 N–H and O–H groups in total. The van der Waals surface area contributed by atoms with Gasteiger partial charge in [0.25, 0.3) is 0 Å². The van der Waals surface area contributed by atoms with Gasteiger partial charge in [-0.3, -0.25) is 4.90 Å². The van der Waals surface area contributed by atoms with E-state index in [1.165, 1.54) is 43.2 Å². The predicted octanol–water partition coefficient (Wildman–Crippen LogP) is 1.91. The first-order valence-electron chi connectivity index (χ1n) is 11.6. The molecule has 0 spiro atoms. The maximum atomic E-state index is 10.1. The molecule has 0 radical (unpaired) electrons. The Morgan fingerprint density at radius 1 is 1.21 bits per heavy atom. The molecule has 3 aliphatic rings. The van der Waals surface area contributed by atoms with E-state index in [1.807, 2.05) is 13.0 Å². The number of aliphatic hydroxyl groups is 2. The van der Waals surface area contributed by atoms with Crippen LogP contribution in [0.5, 0.6) is 5.75 Å². The van der Waals surface area contributed by atoms with Crippen molar-refractivity contribution in [2.24, 2.45) is 5.92 Å². The second kappa shape index (κ2) is 10.6. The van der Waals surface area contributed by atoms with Crippen molar-refractivity contribution in [3.05, 3.63) is 41.0 Å². The average Bonchev–Trinajstić information content (AvgIpc) is 2.83. The van der Waals surface area contributed by atoms with Gasteiger partial charge in [0, 0.05) is 18.0 Å². The summed E-state index contributed by atoms with van der Waals surface area (Å²) in [6, 6.07) is 6.72. The third-order valence-corrected chi connectivity index (χ3v) is 7.60. The lowest BCUT2D eigenvalue weighted by atomic mass is 9.52. The summed E-state index contributed by atoms with van der Waals surface area (Å²) in [7, 11) is 0.